The van der Waals surface area contributed by atoms with Crippen molar-refractivity contribution in [3.05, 3.63) is 0 Å². The van der Waals surface area contributed by atoms with E-state index in [0.29, 0.717) is 29.8 Å². The van der Waals surface area contributed by atoms with E-state index in [1.165, 1.54) is 12.8 Å². The predicted octanol–water partition coefficient (Wildman–Crippen LogP) is 2.02. The summed E-state index contributed by atoms with van der Waals surface area (Å²) in [5, 5.41) is 3.62. The third kappa shape index (κ3) is 3.21. The van der Waals surface area contributed by atoms with Gasteiger partial charge >= 0.3 is 0 Å². The first kappa shape index (κ1) is 12.9. The van der Waals surface area contributed by atoms with Crippen molar-refractivity contribution in [1.82, 2.24) is 10.2 Å². The molecule has 1 amide bonds. The molecule has 0 aromatic rings. The first-order chi connectivity index (χ1) is 8.06. The Balaban J connectivity index is 1.87. The Labute approximate surface area is 105 Å². The van der Waals surface area contributed by atoms with Gasteiger partial charge in [-0.15, -0.1) is 0 Å². The molecule has 3 atom stereocenters. The van der Waals surface area contributed by atoms with Crippen molar-refractivity contribution in [3.63, 3.8) is 0 Å². The third-order valence-electron chi connectivity index (χ3n) is 4.51. The Hall–Kier alpha value is -0.570. The van der Waals surface area contributed by atoms with Gasteiger partial charge in [-0.3, -0.25) is 4.79 Å². The summed E-state index contributed by atoms with van der Waals surface area (Å²) < 4.78 is 0. The third-order valence-corrected chi connectivity index (χ3v) is 4.51. The highest BCUT2D eigenvalue weighted by molar-refractivity contribution is 5.76. The molecule has 2 rings (SSSR count). The van der Waals surface area contributed by atoms with Gasteiger partial charge in [0.1, 0.15) is 0 Å². The second-order valence-electron chi connectivity index (χ2n) is 6.19. The van der Waals surface area contributed by atoms with E-state index in [0.717, 1.165) is 25.9 Å². The van der Waals surface area contributed by atoms with Gasteiger partial charge < -0.3 is 10.2 Å². The van der Waals surface area contributed by atoms with Gasteiger partial charge in [-0.25, -0.2) is 0 Å². The largest absolute Gasteiger partial charge is 0.341 e. The first-order valence-corrected chi connectivity index (χ1v) is 7.10. The highest BCUT2D eigenvalue weighted by Gasteiger charge is 2.31. The number of hydrogen-bond acceptors (Lipinski definition) is 2. The van der Waals surface area contributed by atoms with Crippen LogP contribution in [-0.2, 0) is 4.79 Å². The molecule has 3 heteroatoms. The lowest BCUT2D eigenvalue weighted by Gasteiger charge is -2.26. The van der Waals surface area contributed by atoms with Crippen molar-refractivity contribution in [2.75, 3.05) is 13.1 Å². The molecule has 0 radical (unpaired) electrons. The van der Waals surface area contributed by atoms with Crippen LogP contribution in [0.4, 0.5) is 0 Å². The average Bonchev–Trinajstić information content (AvgIpc) is 2.57. The Morgan fingerprint density at radius 2 is 1.94 bits per heavy atom. The fourth-order valence-corrected chi connectivity index (χ4v) is 2.81. The van der Waals surface area contributed by atoms with Gasteiger partial charge in [0.2, 0.25) is 5.91 Å². The SMILES string of the molecule is CC(C)C(C)CC(=O)N1CCC2CCC(C1)N2. The van der Waals surface area contributed by atoms with Crippen LogP contribution in [0.15, 0.2) is 0 Å². The van der Waals surface area contributed by atoms with Crippen LogP contribution >= 0.6 is 0 Å². The number of likely N-dealkylation sites (tertiary alicyclic amines) is 1. The van der Waals surface area contributed by atoms with Crippen molar-refractivity contribution in [2.24, 2.45) is 11.8 Å². The number of hydrogen-bond donors (Lipinski definition) is 1. The van der Waals surface area contributed by atoms with Crippen molar-refractivity contribution in [1.29, 1.82) is 0 Å². The standard InChI is InChI=1S/C14H26N2O/c1-10(2)11(3)8-14(17)16-7-6-12-4-5-13(9-16)15-12/h10-13,15H,4-9H2,1-3H3. The summed E-state index contributed by atoms with van der Waals surface area (Å²) in [4.78, 5) is 14.3. The Morgan fingerprint density at radius 1 is 1.24 bits per heavy atom. The summed E-state index contributed by atoms with van der Waals surface area (Å²) >= 11 is 0. The van der Waals surface area contributed by atoms with Crippen LogP contribution in [0.25, 0.3) is 0 Å². The predicted molar refractivity (Wildman–Crippen MR) is 69.8 cm³/mol. The maximum atomic E-state index is 12.2. The number of nitrogens with one attached hydrogen (secondary N) is 1. The molecular formula is C14H26N2O. The quantitative estimate of drug-likeness (QED) is 0.816. The molecule has 3 unspecified atom stereocenters. The normalized spacial score (nSPS) is 30.5. The molecule has 0 saturated carbocycles. The van der Waals surface area contributed by atoms with Gasteiger partial charge in [0.15, 0.2) is 0 Å². The molecule has 0 aromatic heterocycles. The highest BCUT2D eigenvalue weighted by atomic mass is 16.2. The molecule has 2 aliphatic heterocycles. The molecule has 2 aliphatic rings. The van der Waals surface area contributed by atoms with Crippen LogP contribution < -0.4 is 5.32 Å². The molecule has 2 bridgehead atoms. The summed E-state index contributed by atoms with van der Waals surface area (Å²) in [5.74, 6) is 1.46. The molecule has 0 spiro atoms. The lowest BCUT2D eigenvalue weighted by molar-refractivity contribution is -0.132. The van der Waals surface area contributed by atoms with Crippen LogP contribution in [-0.4, -0.2) is 36.0 Å². The maximum Gasteiger partial charge on any atom is 0.222 e. The summed E-state index contributed by atoms with van der Waals surface area (Å²) in [6, 6.07) is 1.22. The Kier molecular flexibility index (Phi) is 4.08. The molecule has 1 N–H and O–H groups in total. The van der Waals surface area contributed by atoms with Crippen molar-refractivity contribution in [3.8, 4) is 0 Å². The zero-order valence-corrected chi connectivity index (χ0v) is 11.4. The molecule has 3 nitrogen and oxygen atoms in total. The van der Waals surface area contributed by atoms with Crippen molar-refractivity contribution < 1.29 is 4.79 Å². The Morgan fingerprint density at radius 3 is 2.65 bits per heavy atom. The van der Waals surface area contributed by atoms with Crippen LogP contribution in [0.2, 0.25) is 0 Å². The number of carbonyl (C=O) groups is 1. The number of nitrogens with zero attached hydrogens (tertiary/aromatic N) is 1. The number of carbonyl (C=O) groups excluding carboxylic acids is 1. The minimum Gasteiger partial charge on any atom is -0.341 e. The van der Waals surface area contributed by atoms with E-state index in [1.54, 1.807) is 0 Å². The lowest BCUT2D eigenvalue weighted by Crippen LogP contribution is -2.39. The molecule has 0 aromatic carbocycles. The van der Waals surface area contributed by atoms with E-state index in [9.17, 15) is 4.79 Å². The second-order valence-corrected chi connectivity index (χ2v) is 6.19. The second kappa shape index (κ2) is 5.38. The van der Waals surface area contributed by atoms with E-state index in [-0.39, 0.29) is 0 Å². The molecule has 2 fully saturated rings. The molecule has 17 heavy (non-hydrogen) atoms. The number of rotatable bonds is 3. The maximum absolute atomic E-state index is 12.2. The minimum atomic E-state index is 0.362. The molecule has 98 valence electrons. The highest BCUT2D eigenvalue weighted by Crippen LogP contribution is 2.22. The van der Waals surface area contributed by atoms with Gasteiger partial charge in [-0.2, -0.15) is 0 Å². The van der Waals surface area contributed by atoms with E-state index >= 15 is 0 Å². The van der Waals surface area contributed by atoms with E-state index in [4.69, 9.17) is 0 Å². The Bertz CT molecular complexity index is 277. The molecule has 0 aliphatic carbocycles. The average molecular weight is 238 g/mol. The van der Waals surface area contributed by atoms with Crippen LogP contribution in [0.5, 0.6) is 0 Å². The van der Waals surface area contributed by atoms with Crippen LogP contribution in [0.3, 0.4) is 0 Å². The number of fused-ring (bicyclic) bond motifs is 2. The zero-order chi connectivity index (χ0) is 12.4. The van der Waals surface area contributed by atoms with E-state index in [1.807, 2.05) is 0 Å². The van der Waals surface area contributed by atoms with Crippen molar-refractivity contribution >= 4 is 5.91 Å². The summed E-state index contributed by atoms with van der Waals surface area (Å²) in [5.41, 5.74) is 0. The number of amides is 1. The van der Waals surface area contributed by atoms with Gasteiger partial charge in [0.25, 0.3) is 0 Å². The van der Waals surface area contributed by atoms with E-state index in [2.05, 4.69) is 31.0 Å². The summed E-state index contributed by atoms with van der Waals surface area (Å²) in [7, 11) is 0. The van der Waals surface area contributed by atoms with E-state index < -0.39 is 0 Å². The molecule has 2 saturated heterocycles. The lowest BCUT2D eigenvalue weighted by atomic mass is 9.94. The smallest absolute Gasteiger partial charge is 0.222 e. The zero-order valence-electron chi connectivity index (χ0n) is 11.4. The van der Waals surface area contributed by atoms with Gasteiger partial charge in [-0.1, -0.05) is 20.8 Å². The molecular weight excluding hydrogens is 212 g/mol. The van der Waals surface area contributed by atoms with Crippen molar-refractivity contribution in [2.45, 2.75) is 58.5 Å². The fraction of sp³-hybridized carbons (Fsp3) is 0.929. The topological polar surface area (TPSA) is 32.3 Å². The first-order valence-electron chi connectivity index (χ1n) is 7.10. The van der Waals surface area contributed by atoms with Crippen LogP contribution in [0.1, 0.15) is 46.5 Å². The van der Waals surface area contributed by atoms with Gasteiger partial charge in [0.05, 0.1) is 0 Å². The van der Waals surface area contributed by atoms with Gasteiger partial charge in [-0.05, 0) is 31.1 Å². The summed E-state index contributed by atoms with van der Waals surface area (Å²) in [6.45, 7) is 8.47. The monoisotopic (exact) mass is 238 g/mol. The minimum absolute atomic E-state index is 0.362. The molecule has 2 heterocycles. The van der Waals surface area contributed by atoms with Crippen LogP contribution in [0, 0.1) is 11.8 Å². The fourth-order valence-electron chi connectivity index (χ4n) is 2.81. The summed E-state index contributed by atoms with van der Waals surface area (Å²) in [6.07, 6.45) is 4.40. The van der Waals surface area contributed by atoms with Gasteiger partial charge in [0, 0.05) is 31.6 Å².